The van der Waals surface area contributed by atoms with Crippen molar-refractivity contribution in [2.45, 2.75) is 6.17 Å². The molecule has 57 heavy (non-hydrogen) atoms. The lowest BCUT2D eigenvalue weighted by molar-refractivity contribution is 0.669. The summed E-state index contributed by atoms with van der Waals surface area (Å²) in [5, 5.41) is 18.1. The number of para-hydroxylation sites is 1. The number of benzene rings is 10. The molecule has 0 bridgehead atoms. The Bertz CT molecular complexity index is 3470. The van der Waals surface area contributed by atoms with Gasteiger partial charge in [0.2, 0.25) is 0 Å². The summed E-state index contributed by atoms with van der Waals surface area (Å²) < 4.78 is 6.83. The van der Waals surface area contributed by atoms with Crippen LogP contribution in [0.4, 0.5) is 0 Å². The van der Waals surface area contributed by atoms with Crippen LogP contribution < -0.4 is 5.32 Å². The Hall–Kier alpha value is -7.56. The molecule has 12 rings (SSSR count). The van der Waals surface area contributed by atoms with Gasteiger partial charge in [-0.2, -0.15) is 0 Å². The minimum absolute atomic E-state index is 0.351. The number of nitrogens with zero attached hydrogens (tertiary/aromatic N) is 2. The van der Waals surface area contributed by atoms with Crippen LogP contribution in [0.2, 0.25) is 0 Å². The molecule has 10 aromatic carbocycles. The molecule has 0 amide bonds. The Morgan fingerprint density at radius 2 is 1.04 bits per heavy atom. The Balaban J connectivity index is 1.03. The highest BCUT2D eigenvalue weighted by molar-refractivity contribution is 6.27. The second-order valence-corrected chi connectivity index (χ2v) is 14.9. The lowest BCUT2D eigenvalue weighted by Gasteiger charge is -2.24. The normalized spacial score (nSPS) is 14.5. The Kier molecular flexibility index (Phi) is 6.96. The van der Waals surface area contributed by atoms with Gasteiger partial charge in [0, 0.05) is 27.5 Å². The summed E-state index contributed by atoms with van der Waals surface area (Å²) in [4.78, 5) is 10.6. The molecule has 1 N–H and O–H groups in total. The van der Waals surface area contributed by atoms with Crippen LogP contribution in [0.3, 0.4) is 0 Å². The van der Waals surface area contributed by atoms with Crippen molar-refractivity contribution in [3.05, 3.63) is 205 Å². The summed E-state index contributed by atoms with van der Waals surface area (Å²) in [6, 6.07) is 66.9. The highest BCUT2D eigenvalue weighted by atomic mass is 16.3. The molecule has 1 aromatic heterocycles. The smallest absolute Gasteiger partial charge is 0.160 e. The van der Waals surface area contributed by atoms with Crippen LogP contribution in [0.15, 0.2) is 202 Å². The van der Waals surface area contributed by atoms with E-state index in [1.807, 2.05) is 24.3 Å². The quantitative estimate of drug-likeness (QED) is 0.184. The average Bonchev–Trinajstić information content (AvgIpc) is 3.68. The molecule has 11 aromatic rings. The number of rotatable bonds is 4. The van der Waals surface area contributed by atoms with Crippen LogP contribution >= 0.6 is 0 Å². The fourth-order valence-corrected chi connectivity index (χ4v) is 9.02. The third-order valence-electron chi connectivity index (χ3n) is 11.7. The van der Waals surface area contributed by atoms with Crippen LogP contribution in [0.1, 0.15) is 22.9 Å². The number of furan rings is 1. The van der Waals surface area contributed by atoms with Gasteiger partial charge in [0.25, 0.3) is 0 Å². The first kappa shape index (κ1) is 31.8. The third-order valence-corrected chi connectivity index (χ3v) is 11.7. The maximum atomic E-state index is 6.83. The number of fused-ring (bicyclic) bond motifs is 12. The molecule has 1 atom stereocenters. The van der Waals surface area contributed by atoms with Crippen LogP contribution in [0.25, 0.3) is 86.9 Å². The monoisotopic (exact) mass is 727 g/mol. The molecule has 0 spiro atoms. The third kappa shape index (κ3) is 5.01. The van der Waals surface area contributed by atoms with Crippen molar-refractivity contribution in [1.82, 2.24) is 5.32 Å². The van der Waals surface area contributed by atoms with E-state index in [1.54, 1.807) is 0 Å². The molecule has 0 saturated heterocycles. The second kappa shape index (κ2) is 12.5. The number of hydrogen-bond acceptors (Lipinski definition) is 4. The van der Waals surface area contributed by atoms with E-state index in [0.29, 0.717) is 5.84 Å². The van der Waals surface area contributed by atoms with Crippen molar-refractivity contribution in [2.24, 2.45) is 9.98 Å². The Labute approximate surface area is 328 Å². The van der Waals surface area contributed by atoms with Gasteiger partial charge in [-0.05, 0) is 83.2 Å². The van der Waals surface area contributed by atoms with Gasteiger partial charge in [0.1, 0.15) is 23.2 Å². The fraction of sp³-hybridized carbons (Fsp3) is 0.0189. The molecule has 2 heterocycles. The molecular weight excluding hydrogens is 695 g/mol. The molecule has 0 aliphatic carbocycles. The van der Waals surface area contributed by atoms with E-state index < -0.39 is 0 Å². The van der Waals surface area contributed by atoms with Crippen molar-refractivity contribution in [3.63, 3.8) is 0 Å². The second-order valence-electron chi connectivity index (χ2n) is 14.9. The highest BCUT2D eigenvalue weighted by Crippen LogP contribution is 2.41. The molecular formula is C53H33N3O. The predicted octanol–water partition coefficient (Wildman–Crippen LogP) is 13.5. The summed E-state index contributed by atoms with van der Waals surface area (Å²) in [7, 11) is 0. The van der Waals surface area contributed by atoms with Crippen molar-refractivity contribution in [3.8, 4) is 11.1 Å². The van der Waals surface area contributed by atoms with E-state index in [0.717, 1.165) is 55.6 Å². The minimum atomic E-state index is -0.351. The van der Waals surface area contributed by atoms with Gasteiger partial charge in [-0.1, -0.05) is 170 Å². The lowest BCUT2D eigenvalue weighted by Crippen LogP contribution is -2.33. The molecule has 0 saturated carbocycles. The maximum absolute atomic E-state index is 6.83. The van der Waals surface area contributed by atoms with Crippen LogP contribution in [0.5, 0.6) is 0 Å². The van der Waals surface area contributed by atoms with Crippen molar-refractivity contribution < 1.29 is 4.42 Å². The fourth-order valence-electron chi connectivity index (χ4n) is 9.02. The molecule has 266 valence electrons. The summed E-state index contributed by atoms with van der Waals surface area (Å²) in [6.45, 7) is 0. The maximum Gasteiger partial charge on any atom is 0.160 e. The molecule has 1 aliphatic heterocycles. The van der Waals surface area contributed by atoms with Gasteiger partial charge in [0.05, 0.1) is 0 Å². The van der Waals surface area contributed by atoms with Gasteiger partial charge in [0.15, 0.2) is 5.84 Å². The van der Waals surface area contributed by atoms with Crippen molar-refractivity contribution >= 4 is 87.5 Å². The first-order valence-electron chi connectivity index (χ1n) is 19.4. The molecule has 0 radical (unpaired) electrons. The van der Waals surface area contributed by atoms with E-state index in [4.69, 9.17) is 14.4 Å². The highest BCUT2D eigenvalue weighted by Gasteiger charge is 2.25. The van der Waals surface area contributed by atoms with Crippen molar-refractivity contribution in [2.75, 3.05) is 0 Å². The largest absolute Gasteiger partial charge is 0.455 e. The first-order valence-corrected chi connectivity index (χ1v) is 19.4. The van der Waals surface area contributed by atoms with E-state index >= 15 is 0 Å². The molecule has 4 heteroatoms. The first-order chi connectivity index (χ1) is 28.2. The number of hydrogen-bond donors (Lipinski definition) is 1. The molecule has 0 fully saturated rings. The standard InChI is InChI=1S/C53H33N3O/c1-2-13-33(14-3-1)51-54-52(36-27-28-38-34(30-36)25-24-32-12-4-5-15-37(32)38)56-53(55-51)46-22-11-23-48-49(46)45-21-10-20-39(50(45)57-48)35-26-29-44-42-18-7-6-16-40(42)41-17-8-9-19-43(41)47(44)31-35/h1-31,52H,(H,54,55,56). The molecule has 1 unspecified atom stereocenters. The van der Waals surface area contributed by atoms with Gasteiger partial charge < -0.3 is 9.73 Å². The zero-order valence-corrected chi connectivity index (χ0v) is 30.8. The van der Waals surface area contributed by atoms with E-state index in [9.17, 15) is 0 Å². The summed E-state index contributed by atoms with van der Waals surface area (Å²) in [5.41, 5.74) is 6.83. The predicted molar refractivity (Wildman–Crippen MR) is 239 cm³/mol. The van der Waals surface area contributed by atoms with Gasteiger partial charge in [-0.3, -0.25) is 0 Å². The zero-order chi connectivity index (χ0) is 37.5. The number of aliphatic imine (C=N–C) groups is 2. The van der Waals surface area contributed by atoms with Gasteiger partial charge in [-0.25, -0.2) is 9.98 Å². The Morgan fingerprint density at radius 1 is 0.421 bits per heavy atom. The van der Waals surface area contributed by atoms with Gasteiger partial charge >= 0.3 is 0 Å². The van der Waals surface area contributed by atoms with Gasteiger partial charge in [-0.15, -0.1) is 0 Å². The number of nitrogens with one attached hydrogen (secondary N) is 1. The Morgan fingerprint density at radius 3 is 1.84 bits per heavy atom. The van der Waals surface area contributed by atoms with E-state index in [1.165, 1.54) is 53.9 Å². The van der Waals surface area contributed by atoms with E-state index in [-0.39, 0.29) is 6.17 Å². The molecule has 4 nitrogen and oxygen atoms in total. The van der Waals surface area contributed by atoms with Crippen molar-refractivity contribution in [1.29, 1.82) is 0 Å². The van der Waals surface area contributed by atoms with E-state index in [2.05, 4.69) is 169 Å². The lowest BCUT2D eigenvalue weighted by atomic mass is 9.91. The summed E-state index contributed by atoms with van der Waals surface area (Å²) in [5.74, 6) is 1.45. The average molecular weight is 728 g/mol. The minimum Gasteiger partial charge on any atom is -0.455 e. The molecule has 1 aliphatic rings. The number of amidine groups is 2. The summed E-state index contributed by atoms with van der Waals surface area (Å²) >= 11 is 0. The summed E-state index contributed by atoms with van der Waals surface area (Å²) in [6.07, 6.45) is -0.351. The van der Waals surface area contributed by atoms with Crippen LogP contribution in [-0.4, -0.2) is 11.7 Å². The SMILES string of the molecule is c1ccc(C2=NC(c3cccc4oc5c(-c6ccc7c8ccccc8c8ccccc8c7c6)cccc5c34)=NC(c3ccc4c(ccc5ccccc54)c3)N2)cc1. The van der Waals surface area contributed by atoms with Crippen LogP contribution in [0, 0.1) is 0 Å². The van der Waals surface area contributed by atoms with Crippen LogP contribution in [-0.2, 0) is 0 Å². The zero-order valence-electron chi connectivity index (χ0n) is 30.8. The topological polar surface area (TPSA) is 49.9 Å².